The zero-order chi connectivity index (χ0) is 21.6. The Hall–Kier alpha value is -3.28. The van der Waals surface area contributed by atoms with E-state index in [-0.39, 0.29) is 17.9 Å². The van der Waals surface area contributed by atoms with E-state index in [1.54, 1.807) is 6.07 Å². The van der Waals surface area contributed by atoms with Crippen molar-refractivity contribution in [1.29, 1.82) is 0 Å². The molecular weight excluding hydrogens is 390 g/mol. The molecule has 0 saturated carbocycles. The molecule has 0 bridgehead atoms. The molecule has 0 saturated heterocycles. The molecule has 0 aromatic heterocycles. The average molecular weight is 418 g/mol. The minimum absolute atomic E-state index is 0.109. The first-order valence-electron chi connectivity index (χ1n) is 10.9. The first kappa shape index (κ1) is 21.0. The van der Waals surface area contributed by atoms with Crippen LogP contribution in [0.2, 0.25) is 0 Å². The standard InChI is InChI=1S/C25H27N3O3/c1-2-14-31-20-12-10-19(11-13-20)26-24(29)18-7-5-6-17(15-18)16-23-21-8-3-4-9-22(21)25(30)28-27-23/h5-7,10-13,15,23H,2-4,8-9,14,16H2,1H3,(H,26,29). The van der Waals surface area contributed by atoms with Crippen LogP contribution in [0.3, 0.4) is 0 Å². The third-order valence-corrected chi connectivity index (χ3v) is 5.66. The number of nitrogens with zero attached hydrogens (tertiary/aromatic N) is 2. The summed E-state index contributed by atoms with van der Waals surface area (Å²) < 4.78 is 5.58. The predicted molar refractivity (Wildman–Crippen MR) is 119 cm³/mol. The van der Waals surface area contributed by atoms with Crippen LogP contribution in [0.4, 0.5) is 5.69 Å². The van der Waals surface area contributed by atoms with Crippen molar-refractivity contribution in [1.82, 2.24) is 0 Å². The van der Waals surface area contributed by atoms with Crippen LogP contribution >= 0.6 is 0 Å². The van der Waals surface area contributed by atoms with E-state index in [1.807, 2.05) is 42.5 Å². The van der Waals surface area contributed by atoms with Gasteiger partial charge in [-0.05, 0) is 79.6 Å². The minimum Gasteiger partial charge on any atom is -0.494 e. The van der Waals surface area contributed by atoms with Crippen molar-refractivity contribution in [3.8, 4) is 5.75 Å². The number of rotatable bonds is 7. The van der Waals surface area contributed by atoms with Gasteiger partial charge >= 0.3 is 0 Å². The van der Waals surface area contributed by atoms with Crippen LogP contribution in [0.1, 0.15) is 54.9 Å². The zero-order valence-electron chi connectivity index (χ0n) is 17.8. The molecule has 2 aliphatic rings. The summed E-state index contributed by atoms with van der Waals surface area (Å²) in [6, 6.07) is 14.8. The molecule has 1 unspecified atom stereocenters. The number of benzene rings is 2. The molecule has 31 heavy (non-hydrogen) atoms. The summed E-state index contributed by atoms with van der Waals surface area (Å²) in [6.45, 7) is 2.73. The number of amides is 2. The van der Waals surface area contributed by atoms with Crippen molar-refractivity contribution < 1.29 is 14.3 Å². The van der Waals surface area contributed by atoms with E-state index in [0.29, 0.717) is 18.6 Å². The van der Waals surface area contributed by atoms with Crippen LogP contribution in [-0.4, -0.2) is 24.5 Å². The normalized spacial score (nSPS) is 18.0. The summed E-state index contributed by atoms with van der Waals surface area (Å²) in [4.78, 5) is 24.8. The SMILES string of the molecule is CCCOc1ccc(NC(=O)c2cccc(CC3N=NC(=O)C4=C3CCCC4)c2)cc1. The van der Waals surface area contributed by atoms with Gasteiger partial charge in [-0.2, -0.15) is 5.11 Å². The Bertz CT molecular complexity index is 1020. The Morgan fingerprint density at radius 3 is 2.74 bits per heavy atom. The maximum atomic E-state index is 12.7. The molecule has 4 rings (SSSR count). The fourth-order valence-electron chi connectivity index (χ4n) is 4.08. The van der Waals surface area contributed by atoms with E-state index in [0.717, 1.165) is 60.3 Å². The molecule has 1 atom stereocenters. The van der Waals surface area contributed by atoms with Crippen LogP contribution in [0, 0.1) is 0 Å². The molecule has 6 nitrogen and oxygen atoms in total. The molecule has 1 aliphatic heterocycles. The number of anilines is 1. The van der Waals surface area contributed by atoms with Gasteiger partial charge in [-0.1, -0.05) is 19.1 Å². The van der Waals surface area contributed by atoms with Crippen LogP contribution in [0.5, 0.6) is 5.75 Å². The summed E-state index contributed by atoms with van der Waals surface area (Å²) >= 11 is 0. The lowest BCUT2D eigenvalue weighted by atomic mass is 9.84. The largest absolute Gasteiger partial charge is 0.494 e. The van der Waals surface area contributed by atoms with E-state index in [9.17, 15) is 9.59 Å². The Morgan fingerprint density at radius 2 is 1.94 bits per heavy atom. The number of nitrogens with one attached hydrogen (secondary N) is 1. The van der Waals surface area contributed by atoms with Crippen molar-refractivity contribution in [2.75, 3.05) is 11.9 Å². The third kappa shape index (κ3) is 5.08. The van der Waals surface area contributed by atoms with E-state index in [4.69, 9.17) is 4.74 Å². The average Bonchev–Trinajstić information content (AvgIpc) is 2.81. The second kappa shape index (κ2) is 9.69. The van der Waals surface area contributed by atoms with Gasteiger partial charge in [0.2, 0.25) is 0 Å². The highest BCUT2D eigenvalue weighted by atomic mass is 16.5. The highest BCUT2D eigenvalue weighted by Gasteiger charge is 2.29. The first-order valence-corrected chi connectivity index (χ1v) is 10.9. The molecule has 0 radical (unpaired) electrons. The quantitative estimate of drug-likeness (QED) is 0.646. The molecule has 2 aromatic rings. The summed E-state index contributed by atoms with van der Waals surface area (Å²) in [5.41, 5.74) is 4.30. The molecule has 6 heteroatoms. The third-order valence-electron chi connectivity index (χ3n) is 5.66. The maximum Gasteiger partial charge on any atom is 0.291 e. The molecule has 2 amide bonds. The molecule has 1 heterocycles. The number of hydrogen-bond acceptors (Lipinski definition) is 4. The van der Waals surface area contributed by atoms with Gasteiger partial charge in [0.05, 0.1) is 12.6 Å². The Balaban J connectivity index is 1.43. The first-order chi connectivity index (χ1) is 15.1. The number of carbonyl (C=O) groups is 2. The minimum atomic E-state index is -0.176. The summed E-state index contributed by atoms with van der Waals surface area (Å²) in [7, 11) is 0. The summed E-state index contributed by atoms with van der Waals surface area (Å²) in [6.07, 6.45) is 5.42. The van der Waals surface area contributed by atoms with Crippen molar-refractivity contribution in [2.45, 2.75) is 51.5 Å². The number of ether oxygens (including phenoxy) is 1. The van der Waals surface area contributed by atoms with Crippen molar-refractivity contribution in [2.24, 2.45) is 10.2 Å². The number of azo groups is 1. The Labute approximate surface area is 182 Å². The molecule has 0 fully saturated rings. The van der Waals surface area contributed by atoms with Crippen LogP contribution in [0.15, 0.2) is 69.9 Å². The van der Waals surface area contributed by atoms with Crippen molar-refractivity contribution in [3.05, 3.63) is 70.8 Å². The van der Waals surface area contributed by atoms with Gasteiger partial charge in [0.1, 0.15) is 5.75 Å². The molecule has 1 N–H and O–H groups in total. The number of hydrogen-bond donors (Lipinski definition) is 1. The maximum absolute atomic E-state index is 12.7. The van der Waals surface area contributed by atoms with Crippen molar-refractivity contribution >= 4 is 17.5 Å². The van der Waals surface area contributed by atoms with E-state index in [2.05, 4.69) is 22.5 Å². The molecule has 2 aromatic carbocycles. The van der Waals surface area contributed by atoms with Gasteiger partial charge < -0.3 is 10.1 Å². The number of carbonyl (C=O) groups excluding carboxylic acids is 2. The fourth-order valence-corrected chi connectivity index (χ4v) is 4.08. The lowest BCUT2D eigenvalue weighted by Gasteiger charge is -2.25. The second-order valence-electron chi connectivity index (χ2n) is 7.98. The van der Waals surface area contributed by atoms with Crippen LogP contribution in [0.25, 0.3) is 0 Å². The van der Waals surface area contributed by atoms with Gasteiger partial charge in [0.15, 0.2) is 0 Å². The lowest BCUT2D eigenvalue weighted by Crippen LogP contribution is -2.23. The van der Waals surface area contributed by atoms with Crippen LogP contribution in [-0.2, 0) is 11.2 Å². The summed E-state index contributed by atoms with van der Waals surface area (Å²) in [5, 5.41) is 11.1. The molecule has 160 valence electrons. The lowest BCUT2D eigenvalue weighted by molar-refractivity contribution is -0.115. The van der Waals surface area contributed by atoms with Crippen molar-refractivity contribution in [3.63, 3.8) is 0 Å². The highest BCUT2D eigenvalue weighted by molar-refractivity contribution is 6.04. The Morgan fingerprint density at radius 1 is 1.13 bits per heavy atom. The predicted octanol–water partition coefficient (Wildman–Crippen LogP) is 5.50. The van der Waals surface area contributed by atoms with Gasteiger partial charge in [-0.25, -0.2) is 0 Å². The van der Waals surface area contributed by atoms with E-state index < -0.39 is 0 Å². The molecule has 0 spiro atoms. The van der Waals surface area contributed by atoms with Gasteiger partial charge in [0, 0.05) is 23.2 Å². The Kier molecular flexibility index (Phi) is 6.55. The topological polar surface area (TPSA) is 80.1 Å². The van der Waals surface area contributed by atoms with E-state index in [1.165, 1.54) is 0 Å². The zero-order valence-corrected chi connectivity index (χ0v) is 17.8. The second-order valence-corrected chi connectivity index (χ2v) is 7.98. The molecular formula is C25H27N3O3. The van der Waals surface area contributed by atoms with Gasteiger partial charge in [0.25, 0.3) is 11.8 Å². The fraction of sp³-hybridized carbons (Fsp3) is 0.360. The van der Waals surface area contributed by atoms with Gasteiger partial charge in [-0.3, -0.25) is 9.59 Å². The monoisotopic (exact) mass is 417 g/mol. The van der Waals surface area contributed by atoms with Crippen LogP contribution < -0.4 is 10.1 Å². The highest BCUT2D eigenvalue weighted by Crippen LogP contribution is 2.33. The smallest absolute Gasteiger partial charge is 0.291 e. The summed E-state index contributed by atoms with van der Waals surface area (Å²) in [5.74, 6) is 0.450. The van der Waals surface area contributed by atoms with Gasteiger partial charge in [-0.15, -0.1) is 5.11 Å². The van der Waals surface area contributed by atoms with E-state index >= 15 is 0 Å². The molecule has 1 aliphatic carbocycles.